The first-order chi connectivity index (χ1) is 7.75. The van der Waals surface area contributed by atoms with E-state index in [-0.39, 0.29) is 11.5 Å². The molecule has 0 aliphatic carbocycles. The van der Waals surface area contributed by atoms with Crippen LogP contribution in [0.25, 0.3) is 17.0 Å². The summed E-state index contributed by atoms with van der Waals surface area (Å²) in [4.78, 5) is 8.39. The van der Waals surface area contributed by atoms with E-state index in [1.807, 2.05) is 24.3 Å². The van der Waals surface area contributed by atoms with Gasteiger partial charge in [0.1, 0.15) is 0 Å². The molecule has 0 saturated heterocycles. The Kier molecular flexibility index (Phi) is 1.71. The molecule has 0 radical (unpaired) electrons. The average Bonchev–Trinajstić information content (AvgIpc) is 2.31. The lowest BCUT2D eigenvalue weighted by Gasteiger charge is -2.04. The third-order valence-electron chi connectivity index (χ3n) is 2.56. The first-order valence-corrected chi connectivity index (χ1v) is 4.87. The smallest absolute Gasteiger partial charge is 0.170 e. The molecule has 1 aromatic carbocycles. The van der Waals surface area contributed by atoms with Gasteiger partial charge in [0.15, 0.2) is 5.84 Å². The van der Waals surface area contributed by atoms with Gasteiger partial charge < -0.3 is 0 Å². The van der Waals surface area contributed by atoms with E-state index in [0.717, 1.165) is 16.1 Å². The quantitative estimate of drug-likeness (QED) is 0.655. The van der Waals surface area contributed by atoms with Crippen LogP contribution in [0.4, 0.5) is 0 Å². The van der Waals surface area contributed by atoms with Crippen LogP contribution >= 0.6 is 0 Å². The Balaban J connectivity index is 2.59. The van der Waals surface area contributed by atoms with Crippen LogP contribution in [0.15, 0.2) is 35.5 Å². The molecule has 0 fully saturated rings. The Labute approximate surface area is 91.0 Å². The molecule has 16 heavy (non-hydrogen) atoms. The second kappa shape index (κ2) is 3.06. The lowest BCUT2D eigenvalue weighted by Crippen LogP contribution is -2.34. The van der Waals surface area contributed by atoms with Crippen LogP contribution in [0.2, 0.25) is 0 Å². The topological polar surface area (TPSA) is 73.0 Å². The number of nitrogens with zero attached hydrogens (tertiary/aromatic N) is 2. The third-order valence-corrected chi connectivity index (χ3v) is 2.56. The standard InChI is InChI=1S/C12H8N4/c13-9-6-8-4-3-7-2-1-5-15-10(7)11(8)16-12(9)14/h1-6,13-14H. The van der Waals surface area contributed by atoms with Crippen LogP contribution in [0.1, 0.15) is 0 Å². The zero-order valence-corrected chi connectivity index (χ0v) is 8.36. The van der Waals surface area contributed by atoms with Gasteiger partial charge in [-0.1, -0.05) is 18.2 Å². The minimum Gasteiger partial charge on any atom is -0.297 e. The third kappa shape index (κ3) is 1.16. The van der Waals surface area contributed by atoms with Crippen molar-refractivity contribution >= 4 is 28.5 Å². The minimum absolute atomic E-state index is 0.00865. The second-order valence-electron chi connectivity index (χ2n) is 3.60. The molecule has 76 valence electrons. The summed E-state index contributed by atoms with van der Waals surface area (Å²) in [6.07, 6.45) is 3.36. The van der Waals surface area contributed by atoms with Crippen LogP contribution in [-0.2, 0) is 0 Å². The summed E-state index contributed by atoms with van der Waals surface area (Å²) < 4.78 is 0. The van der Waals surface area contributed by atoms with E-state index in [1.54, 1.807) is 12.3 Å². The molecule has 2 N–H and O–H groups in total. The maximum absolute atomic E-state index is 7.55. The van der Waals surface area contributed by atoms with Crippen molar-refractivity contribution in [1.29, 1.82) is 10.8 Å². The van der Waals surface area contributed by atoms with E-state index in [0.29, 0.717) is 5.36 Å². The van der Waals surface area contributed by atoms with Crippen molar-refractivity contribution < 1.29 is 0 Å². The molecule has 1 aliphatic rings. The summed E-state index contributed by atoms with van der Waals surface area (Å²) in [7, 11) is 0. The van der Waals surface area contributed by atoms with Gasteiger partial charge in [-0.05, 0) is 12.1 Å². The van der Waals surface area contributed by atoms with Crippen molar-refractivity contribution in [3.8, 4) is 0 Å². The van der Waals surface area contributed by atoms with Crippen LogP contribution in [0, 0.1) is 10.8 Å². The minimum atomic E-state index is -0.00865. The summed E-state index contributed by atoms with van der Waals surface area (Å²) >= 11 is 0. The number of fused-ring (bicyclic) bond motifs is 3. The fraction of sp³-hybridized carbons (Fsp3) is 0. The van der Waals surface area contributed by atoms with Gasteiger partial charge in [0.25, 0.3) is 0 Å². The highest BCUT2D eigenvalue weighted by molar-refractivity contribution is 6.50. The van der Waals surface area contributed by atoms with E-state index in [2.05, 4.69) is 9.98 Å². The van der Waals surface area contributed by atoms with Crippen molar-refractivity contribution in [2.45, 2.75) is 0 Å². The largest absolute Gasteiger partial charge is 0.297 e. The predicted molar refractivity (Wildman–Crippen MR) is 62.4 cm³/mol. The fourth-order valence-electron chi connectivity index (χ4n) is 1.78. The van der Waals surface area contributed by atoms with Crippen LogP contribution in [0.5, 0.6) is 0 Å². The van der Waals surface area contributed by atoms with Crippen molar-refractivity contribution in [1.82, 2.24) is 4.98 Å². The van der Waals surface area contributed by atoms with Crippen molar-refractivity contribution in [3.05, 3.63) is 41.0 Å². The van der Waals surface area contributed by atoms with Crippen LogP contribution in [0.3, 0.4) is 0 Å². The molecular formula is C12H8N4. The number of hydrogen-bond donors (Lipinski definition) is 2. The van der Waals surface area contributed by atoms with Crippen LogP contribution in [-0.4, -0.2) is 16.5 Å². The molecule has 3 rings (SSSR count). The Morgan fingerprint density at radius 3 is 2.81 bits per heavy atom. The molecule has 4 nitrogen and oxygen atoms in total. The number of amidine groups is 1. The molecule has 0 bridgehead atoms. The number of rotatable bonds is 0. The molecule has 2 aromatic rings. The number of pyridine rings is 1. The Hall–Kier alpha value is -2.36. The lowest BCUT2D eigenvalue weighted by molar-refractivity contribution is 1.29. The van der Waals surface area contributed by atoms with Gasteiger partial charge in [-0.25, -0.2) is 4.99 Å². The highest BCUT2D eigenvalue weighted by Gasteiger charge is 2.08. The summed E-state index contributed by atoms with van der Waals surface area (Å²) in [5.74, 6) is -0.00865. The van der Waals surface area contributed by atoms with Gasteiger partial charge in [0.2, 0.25) is 0 Å². The molecule has 2 heterocycles. The van der Waals surface area contributed by atoms with Gasteiger partial charge in [-0.3, -0.25) is 15.8 Å². The highest BCUT2D eigenvalue weighted by atomic mass is 14.9. The van der Waals surface area contributed by atoms with Crippen molar-refractivity contribution in [2.75, 3.05) is 0 Å². The van der Waals surface area contributed by atoms with E-state index in [4.69, 9.17) is 10.8 Å². The number of aromatic nitrogens is 1. The fourth-order valence-corrected chi connectivity index (χ4v) is 1.78. The first-order valence-electron chi connectivity index (χ1n) is 4.87. The SMILES string of the molecule is N=C1C=c2ccc3cccnc3c2=NC1=N. The molecule has 0 amide bonds. The van der Waals surface area contributed by atoms with Crippen LogP contribution < -0.4 is 10.6 Å². The Morgan fingerprint density at radius 2 is 1.94 bits per heavy atom. The monoisotopic (exact) mass is 208 g/mol. The van der Waals surface area contributed by atoms with Gasteiger partial charge in [-0.2, -0.15) is 0 Å². The number of hydrogen-bond acceptors (Lipinski definition) is 3. The lowest BCUT2D eigenvalue weighted by atomic mass is 10.1. The zero-order chi connectivity index (χ0) is 11.1. The van der Waals surface area contributed by atoms with Gasteiger partial charge in [-0.15, -0.1) is 0 Å². The van der Waals surface area contributed by atoms with Gasteiger partial charge in [0, 0.05) is 16.8 Å². The summed E-state index contributed by atoms with van der Waals surface area (Å²) in [5.41, 5.74) is 0.927. The second-order valence-corrected chi connectivity index (χ2v) is 3.60. The molecule has 1 aliphatic heterocycles. The molecular weight excluding hydrogens is 200 g/mol. The molecule has 0 unspecified atom stereocenters. The van der Waals surface area contributed by atoms with E-state index in [9.17, 15) is 0 Å². The van der Waals surface area contributed by atoms with Crippen molar-refractivity contribution in [3.63, 3.8) is 0 Å². The molecule has 4 heteroatoms. The Morgan fingerprint density at radius 1 is 1.06 bits per heavy atom. The summed E-state index contributed by atoms with van der Waals surface area (Å²) in [6.45, 7) is 0. The number of nitrogens with one attached hydrogen (secondary N) is 2. The normalized spacial score (nSPS) is 14.2. The molecule has 0 spiro atoms. The average molecular weight is 208 g/mol. The van der Waals surface area contributed by atoms with E-state index >= 15 is 0 Å². The summed E-state index contributed by atoms with van der Waals surface area (Å²) in [6, 6.07) is 7.69. The van der Waals surface area contributed by atoms with Crippen molar-refractivity contribution in [2.24, 2.45) is 4.99 Å². The maximum Gasteiger partial charge on any atom is 0.170 e. The predicted octanol–water partition coefficient (Wildman–Crippen LogP) is 0.646. The molecule has 0 atom stereocenters. The van der Waals surface area contributed by atoms with E-state index < -0.39 is 0 Å². The first kappa shape index (κ1) is 8.91. The number of benzene rings is 1. The van der Waals surface area contributed by atoms with Gasteiger partial charge in [0.05, 0.1) is 16.6 Å². The summed E-state index contributed by atoms with van der Waals surface area (Å²) in [5, 5.41) is 17.6. The zero-order valence-electron chi connectivity index (χ0n) is 8.36. The Bertz CT molecular complexity index is 743. The van der Waals surface area contributed by atoms with E-state index in [1.165, 1.54) is 0 Å². The maximum atomic E-state index is 7.55. The van der Waals surface area contributed by atoms with Gasteiger partial charge >= 0.3 is 0 Å². The molecule has 0 saturated carbocycles. The highest BCUT2D eigenvalue weighted by Crippen LogP contribution is 2.04. The molecule has 1 aromatic heterocycles.